The van der Waals surface area contributed by atoms with Crippen molar-refractivity contribution in [2.75, 3.05) is 6.54 Å². The van der Waals surface area contributed by atoms with E-state index >= 15 is 0 Å². The summed E-state index contributed by atoms with van der Waals surface area (Å²) in [5, 5.41) is 0. The van der Waals surface area contributed by atoms with E-state index in [0.29, 0.717) is 0 Å². The van der Waals surface area contributed by atoms with Crippen molar-refractivity contribution >= 4 is 0 Å². The summed E-state index contributed by atoms with van der Waals surface area (Å²) >= 11 is 0. The third-order valence-electron chi connectivity index (χ3n) is 4.36. The van der Waals surface area contributed by atoms with Gasteiger partial charge < -0.3 is 4.74 Å². The standard InChI is InChI=1S/C24H27NO/c1-2-3-17-25(19-21-11-6-4-7-12-21)20-22-13-10-16-24(18-22)26-23-14-8-5-9-15-23/h4-16,18H,2-3,17,19-20H2,1H3. The van der Waals surface area contributed by atoms with E-state index in [-0.39, 0.29) is 0 Å². The van der Waals surface area contributed by atoms with E-state index in [9.17, 15) is 0 Å². The van der Waals surface area contributed by atoms with E-state index in [1.54, 1.807) is 0 Å². The molecule has 2 heteroatoms. The molecule has 0 amide bonds. The van der Waals surface area contributed by atoms with E-state index in [0.717, 1.165) is 31.1 Å². The number of hydrogen-bond donors (Lipinski definition) is 0. The Kier molecular flexibility index (Phi) is 6.86. The van der Waals surface area contributed by atoms with Crippen LogP contribution in [0.4, 0.5) is 0 Å². The molecule has 3 aromatic carbocycles. The first-order valence-electron chi connectivity index (χ1n) is 9.41. The van der Waals surface area contributed by atoms with Crippen molar-refractivity contribution in [1.82, 2.24) is 4.90 Å². The highest BCUT2D eigenvalue weighted by molar-refractivity contribution is 5.33. The normalized spacial score (nSPS) is 10.8. The van der Waals surface area contributed by atoms with Crippen LogP contribution in [-0.4, -0.2) is 11.4 Å². The molecule has 0 radical (unpaired) electrons. The second kappa shape index (κ2) is 9.79. The summed E-state index contributed by atoms with van der Waals surface area (Å²) in [6, 6.07) is 29.1. The van der Waals surface area contributed by atoms with Gasteiger partial charge in [0.05, 0.1) is 0 Å². The second-order valence-electron chi connectivity index (χ2n) is 6.61. The van der Waals surface area contributed by atoms with Crippen molar-refractivity contribution in [3.8, 4) is 11.5 Å². The smallest absolute Gasteiger partial charge is 0.127 e. The minimum atomic E-state index is 0.872. The Morgan fingerprint density at radius 1 is 0.692 bits per heavy atom. The monoisotopic (exact) mass is 345 g/mol. The molecular weight excluding hydrogens is 318 g/mol. The van der Waals surface area contributed by atoms with Crippen LogP contribution in [0.15, 0.2) is 84.9 Å². The van der Waals surface area contributed by atoms with Crippen LogP contribution in [0.25, 0.3) is 0 Å². The van der Waals surface area contributed by atoms with Crippen LogP contribution in [-0.2, 0) is 13.1 Å². The van der Waals surface area contributed by atoms with E-state index in [4.69, 9.17) is 4.74 Å². The lowest BCUT2D eigenvalue weighted by atomic mass is 10.1. The number of benzene rings is 3. The van der Waals surface area contributed by atoms with Crippen molar-refractivity contribution in [2.24, 2.45) is 0 Å². The van der Waals surface area contributed by atoms with Gasteiger partial charge in [-0.1, -0.05) is 74.0 Å². The van der Waals surface area contributed by atoms with Gasteiger partial charge in [-0.3, -0.25) is 4.90 Å². The molecule has 3 rings (SSSR count). The van der Waals surface area contributed by atoms with Gasteiger partial charge in [-0.05, 0) is 48.4 Å². The minimum Gasteiger partial charge on any atom is -0.457 e. The largest absolute Gasteiger partial charge is 0.457 e. The van der Waals surface area contributed by atoms with Crippen LogP contribution in [0, 0.1) is 0 Å². The van der Waals surface area contributed by atoms with Crippen molar-refractivity contribution in [3.63, 3.8) is 0 Å². The third kappa shape index (κ3) is 5.75. The summed E-state index contributed by atoms with van der Waals surface area (Å²) in [5.41, 5.74) is 2.64. The SMILES string of the molecule is CCCCN(Cc1ccccc1)Cc1cccc(Oc2ccccc2)c1. The zero-order valence-electron chi connectivity index (χ0n) is 15.5. The van der Waals surface area contributed by atoms with Gasteiger partial charge in [0.15, 0.2) is 0 Å². The van der Waals surface area contributed by atoms with Gasteiger partial charge in [0.2, 0.25) is 0 Å². The number of rotatable bonds is 9. The van der Waals surface area contributed by atoms with Gasteiger partial charge >= 0.3 is 0 Å². The van der Waals surface area contributed by atoms with Crippen LogP contribution in [0.3, 0.4) is 0 Å². The van der Waals surface area contributed by atoms with Crippen LogP contribution < -0.4 is 4.74 Å². The van der Waals surface area contributed by atoms with Crippen molar-refractivity contribution < 1.29 is 4.74 Å². The molecule has 0 saturated carbocycles. The summed E-state index contributed by atoms with van der Waals surface area (Å²) in [4.78, 5) is 2.51. The molecule has 0 bridgehead atoms. The number of ether oxygens (including phenoxy) is 1. The topological polar surface area (TPSA) is 12.5 Å². The molecule has 0 atom stereocenters. The van der Waals surface area contributed by atoms with Crippen molar-refractivity contribution in [1.29, 1.82) is 0 Å². The van der Waals surface area contributed by atoms with Crippen molar-refractivity contribution in [2.45, 2.75) is 32.9 Å². The fourth-order valence-corrected chi connectivity index (χ4v) is 3.03. The van der Waals surface area contributed by atoms with Gasteiger partial charge in [-0.15, -0.1) is 0 Å². The highest BCUT2D eigenvalue weighted by Gasteiger charge is 2.08. The average Bonchev–Trinajstić information content (AvgIpc) is 2.68. The maximum Gasteiger partial charge on any atom is 0.127 e. The van der Waals surface area contributed by atoms with Crippen LogP contribution >= 0.6 is 0 Å². The van der Waals surface area contributed by atoms with Gasteiger partial charge in [0, 0.05) is 13.1 Å². The van der Waals surface area contributed by atoms with E-state index in [2.05, 4.69) is 60.4 Å². The van der Waals surface area contributed by atoms with Crippen LogP contribution in [0.1, 0.15) is 30.9 Å². The molecule has 134 valence electrons. The van der Waals surface area contributed by atoms with Crippen LogP contribution in [0.5, 0.6) is 11.5 Å². The van der Waals surface area contributed by atoms with Gasteiger partial charge in [0.1, 0.15) is 11.5 Å². The molecule has 0 aliphatic rings. The fourth-order valence-electron chi connectivity index (χ4n) is 3.03. The molecule has 0 saturated heterocycles. The zero-order valence-corrected chi connectivity index (χ0v) is 15.5. The molecule has 0 aromatic heterocycles. The molecule has 0 aliphatic heterocycles. The molecular formula is C24H27NO. The summed E-state index contributed by atoms with van der Waals surface area (Å²) < 4.78 is 5.98. The Labute approximate surface area is 157 Å². The average molecular weight is 345 g/mol. The summed E-state index contributed by atoms with van der Waals surface area (Å²) in [6.07, 6.45) is 2.43. The zero-order chi connectivity index (χ0) is 18.0. The predicted molar refractivity (Wildman–Crippen MR) is 108 cm³/mol. The van der Waals surface area contributed by atoms with E-state index < -0.39 is 0 Å². The lowest BCUT2D eigenvalue weighted by molar-refractivity contribution is 0.252. The second-order valence-corrected chi connectivity index (χ2v) is 6.61. The quantitative estimate of drug-likeness (QED) is 0.452. The summed E-state index contributed by atoms with van der Waals surface area (Å²) in [7, 11) is 0. The third-order valence-corrected chi connectivity index (χ3v) is 4.36. The highest BCUT2D eigenvalue weighted by atomic mass is 16.5. The first-order chi connectivity index (χ1) is 12.8. The summed E-state index contributed by atoms with van der Waals surface area (Å²) in [6.45, 7) is 5.26. The van der Waals surface area contributed by atoms with Crippen molar-refractivity contribution in [3.05, 3.63) is 96.1 Å². The van der Waals surface area contributed by atoms with Gasteiger partial charge in [-0.2, -0.15) is 0 Å². The Hall–Kier alpha value is -2.58. The van der Waals surface area contributed by atoms with Crippen LogP contribution in [0.2, 0.25) is 0 Å². The molecule has 0 fully saturated rings. The first kappa shape index (κ1) is 18.2. The Bertz CT molecular complexity index is 770. The Balaban J connectivity index is 1.68. The fraction of sp³-hybridized carbons (Fsp3) is 0.250. The molecule has 0 aliphatic carbocycles. The molecule has 3 aromatic rings. The van der Waals surface area contributed by atoms with E-state index in [1.807, 2.05) is 36.4 Å². The lowest BCUT2D eigenvalue weighted by Crippen LogP contribution is -2.24. The maximum absolute atomic E-state index is 5.98. The number of nitrogens with zero attached hydrogens (tertiary/aromatic N) is 1. The lowest BCUT2D eigenvalue weighted by Gasteiger charge is -2.22. The van der Waals surface area contributed by atoms with E-state index in [1.165, 1.54) is 24.0 Å². The molecule has 2 nitrogen and oxygen atoms in total. The first-order valence-corrected chi connectivity index (χ1v) is 9.41. The highest BCUT2D eigenvalue weighted by Crippen LogP contribution is 2.23. The van der Waals surface area contributed by atoms with Gasteiger partial charge in [0.25, 0.3) is 0 Å². The molecule has 0 heterocycles. The molecule has 0 spiro atoms. The number of para-hydroxylation sites is 1. The Morgan fingerprint density at radius 3 is 2.04 bits per heavy atom. The number of unbranched alkanes of at least 4 members (excludes halogenated alkanes) is 1. The maximum atomic E-state index is 5.98. The van der Waals surface area contributed by atoms with Gasteiger partial charge in [-0.25, -0.2) is 0 Å². The Morgan fingerprint density at radius 2 is 1.31 bits per heavy atom. The molecule has 0 N–H and O–H groups in total. The molecule has 26 heavy (non-hydrogen) atoms. The predicted octanol–water partition coefficient (Wildman–Crippen LogP) is 6.28. The molecule has 0 unspecified atom stereocenters. The summed E-state index contributed by atoms with van der Waals surface area (Å²) in [5.74, 6) is 1.76. The number of hydrogen-bond acceptors (Lipinski definition) is 2. The minimum absolute atomic E-state index is 0.872.